The second-order valence-electron chi connectivity index (χ2n) is 5.44. The van der Waals surface area contributed by atoms with Crippen molar-refractivity contribution >= 4 is 11.8 Å². The number of piperidine rings is 2. The van der Waals surface area contributed by atoms with Crippen LogP contribution in [0.25, 0.3) is 0 Å². The molecule has 5 nitrogen and oxygen atoms in total. The fraction of sp³-hybridized carbons (Fsp3) is 0.846. The third-order valence-corrected chi connectivity index (χ3v) is 4.05. The van der Waals surface area contributed by atoms with Crippen LogP contribution in [-0.2, 0) is 9.59 Å². The van der Waals surface area contributed by atoms with Crippen LogP contribution < -0.4 is 11.1 Å². The summed E-state index contributed by atoms with van der Waals surface area (Å²) in [4.78, 5) is 25.3. The molecular formula is C13H23N3O2. The molecule has 0 spiro atoms. The van der Waals surface area contributed by atoms with E-state index in [0.717, 1.165) is 38.8 Å². The number of hydrogen-bond donors (Lipinski definition) is 2. The molecule has 3 atom stereocenters. The van der Waals surface area contributed by atoms with Crippen LogP contribution in [0.1, 0.15) is 39.0 Å². The minimum absolute atomic E-state index is 0.0761. The van der Waals surface area contributed by atoms with Crippen molar-refractivity contribution in [1.82, 2.24) is 10.2 Å². The number of rotatable bonds is 3. The third kappa shape index (κ3) is 2.83. The number of hydrogen-bond acceptors (Lipinski definition) is 3. The predicted octanol–water partition coefficient (Wildman–Crippen LogP) is 0.241. The molecular weight excluding hydrogens is 230 g/mol. The van der Waals surface area contributed by atoms with Crippen molar-refractivity contribution in [2.24, 2.45) is 11.7 Å². The van der Waals surface area contributed by atoms with E-state index < -0.39 is 0 Å². The molecule has 5 heteroatoms. The highest BCUT2D eigenvalue weighted by Crippen LogP contribution is 2.25. The molecule has 18 heavy (non-hydrogen) atoms. The Balaban J connectivity index is 1.90. The highest BCUT2D eigenvalue weighted by molar-refractivity contribution is 5.82. The zero-order chi connectivity index (χ0) is 13.1. The maximum absolute atomic E-state index is 12.1. The van der Waals surface area contributed by atoms with E-state index in [9.17, 15) is 9.59 Å². The Morgan fingerprint density at radius 3 is 3.06 bits per heavy atom. The number of fused-ring (bicyclic) bond motifs is 1. The van der Waals surface area contributed by atoms with Crippen LogP contribution in [-0.4, -0.2) is 41.9 Å². The normalized spacial score (nSPS) is 29.4. The van der Waals surface area contributed by atoms with E-state index >= 15 is 0 Å². The molecule has 0 aromatic carbocycles. The van der Waals surface area contributed by atoms with Crippen LogP contribution >= 0.6 is 0 Å². The van der Waals surface area contributed by atoms with Gasteiger partial charge in [0.25, 0.3) is 0 Å². The van der Waals surface area contributed by atoms with Crippen LogP contribution in [0.4, 0.5) is 0 Å². The van der Waals surface area contributed by atoms with E-state index in [1.54, 1.807) is 0 Å². The lowest BCUT2D eigenvalue weighted by Crippen LogP contribution is -2.57. The maximum atomic E-state index is 12.1. The van der Waals surface area contributed by atoms with Gasteiger partial charge in [-0.05, 0) is 25.2 Å². The molecule has 2 rings (SSSR count). The average molecular weight is 253 g/mol. The lowest BCUT2D eigenvalue weighted by atomic mass is 9.85. The fourth-order valence-corrected chi connectivity index (χ4v) is 2.98. The Kier molecular flexibility index (Phi) is 4.22. The molecule has 2 aliphatic heterocycles. The first-order valence-electron chi connectivity index (χ1n) is 6.95. The van der Waals surface area contributed by atoms with Crippen molar-refractivity contribution in [3.05, 3.63) is 0 Å². The van der Waals surface area contributed by atoms with Crippen LogP contribution in [0.15, 0.2) is 0 Å². The van der Waals surface area contributed by atoms with Gasteiger partial charge < -0.3 is 16.0 Å². The number of nitrogens with two attached hydrogens (primary N) is 1. The molecule has 0 aromatic rings. The van der Waals surface area contributed by atoms with Gasteiger partial charge in [-0.15, -0.1) is 0 Å². The van der Waals surface area contributed by atoms with E-state index in [1.807, 2.05) is 11.8 Å². The SMILES string of the molecule is CCC[C@@H](N)C(=O)N1CCC2NC(=O)CCC2C1. The number of likely N-dealkylation sites (tertiary alicyclic amines) is 1. The minimum Gasteiger partial charge on any atom is -0.353 e. The smallest absolute Gasteiger partial charge is 0.239 e. The van der Waals surface area contributed by atoms with Gasteiger partial charge in [-0.3, -0.25) is 9.59 Å². The first-order valence-corrected chi connectivity index (χ1v) is 6.95. The summed E-state index contributed by atoms with van der Waals surface area (Å²) in [5.74, 6) is 0.639. The monoisotopic (exact) mass is 253 g/mol. The predicted molar refractivity (Wildman–Crippen MR) is 68.7 cm³/mol. The van der Waals surface area contributed by atoms with Gasteiger partial charge in [0.2, 0.25) is 11.8 Å². The van der Waals surface area contributed by atoms with Crippen LogP contribution in [0.5, 0.6) is 0 Å². The van der Waals surface area contributed by atoms with Crippen molar-refractivity contribution in [1.29, 1.82) is 0 Å². The van der Waals surface area contributed by atoms with Gasteiger partial charge in [-0.2, -0.15) is 0 Å². The van der Waals surface area contributed by atoms with Crippen LogP contribution in [0.2, 0.25) is 0 Å². The quantitative estimate of drug-likeness (QED) is 0.756. The Bertz CT molecular complexity index is 332. The molecule has 2 unspecified atom stereocenters. The zero-order valence-corrected chi connectivity index (χ0v) is 11.0. The Morgan fingerprint density at radius 2 is 2.33 bits per heavy atom. The van der Waals surface area contributed by atoms with Crippen molar-refractivity contribution in [2.45, 2.75) is 51.1 Å². The molecule has 2 saturated heterocycles. The van der Waals surface area contributed by atoms with E-state index in [4.69, 9.17) is 5.73 Å². The Hall–Kier alpha value is -1.10. The standard InChI is InChI=1S/C13H23N3O2/c1-2-3-10(14)13(18)16-7-6-11-9(8-16)4-5-12(17)15-11/h9-11H,2-8,14H2,1H3,(H,15,17)/t9?,10-,11?/m1/s1. The number of nitrogens with zero attached hydrogens (tertiary/aromatic N) is 1. The van der Waals surface area contributed by atoms with E-state index in [0.29, 0.717) is 12.3 Å². The topological polar surface area (TPSA) is 75.4 Å². The molecule has 2 amide bonds. The molecule has 2 heterocycles. The number of carbonyl (C=O) groups excluding carboxylic acids is 2. The number of amides is 2. The molecule has 0 aromatic heterocycles. The van der Waals surface area contributed by atoms with Gasteiger partial charge in [-0.1, -0.05) is 13.3 Å². The van der Waals surface area contributed by atoms with Crippen LogP contribution in [0, 0.1) is 5.92 Å². The Morgan fingerprint density at radius 1 is 1.56 bits per heavy atom. The lowest BCUT2D eigenvalue weighted by Gasteiger charge is -2.42. The van der Waals surface area contributed by atoms with Crippen molar-refractivity contribution in [3.63, 3.8) is 0 Å². The summed E-state index contributed by atoms with van der Waals surface area (Å²) in [6, 6.07) is -0.0950. The molecule has 2 fully saturated rings. The molecule has 0 saturated carbocycles. The van der Waals surface area contributed by atoms with E-state index in [2.05, 4.69) is 5.32 Å². The van der Waals surface area contributed by atoms with Crippen LogP contribution in [0.3, 0.4) is 0 Å². The highest BCUT2D eigenvalue weighted by Gasteiger charge is 2.36. The molecule has 0 radical (unpaired) electrons. The zero-order valence-electron chi connectivity index (χ0n) is 11.0. The summed E-state index contributed by atoms with van der Waals surface area (Å²) >= 11 is 0. The Labute approximate surface area is 108 Å². The summed E-state index contributed by atoms with van der Waals surface area (Å²) in [6.07, 6.45) is 4.03. The van der Waals surface area contributed by atoms with Gasteiger partial charge in [0.15, 0.2) is 0 Å². The largest absolute Gasteiger partial charge is 0.353 e. The van der Waals surface area contributed by atoms with Crippen molar-refractivity contribution < 1.29 is 9.59 Å². The van der Waals surface area contributed by atoms with Gasteiger partial charge in [0.05, 0.1) is 6.04 Å². The van der Waals surface area contributed by atoms with Gasteiger partial charge >= 0.3 is 0 Å². The lowest BCUT2D eigenvalue weighted by molar-refractivity contribution is -0.136. The highest BCUT2D eigenvalue weighted by atomic mass is 16.2. The summed E-state index contributed by atoms with van der Waals surface area (Å²) in [5, 5.41) is 3.02. The van der Waals surface area contributed by atoms with Crippen molar-refractivity contribution in [3.8, 4) is 0 Å². The summed E-state index contributed by atoms with van der Waals surface area (Å²) in [5.41, 5.74) is 5.89. The van der Waals surface area contributed by atoms with Gasteiger partial charge in [0, 0.05) is 25.6 Å². The number of carbonyl (C=O) groups is 2. The first kappa shape index (κ1) is 13.3. The summed E-state index contributed by atoms with van der Waals surface area (Å²) in [6.45, 7) is 3.51. The third-order valence-electron chi connectivity index (χ3n) is 4.05. The average Bonchev–Trinajstić information content (AvgIpc) is 2.37. The molecule has 3 N–H and O–H groups in total. The summed E-state index contributed by atoms with van der Waals surface area (Å²) < 4.78 is 0. The molecule has 0 bridgehead atoms. The maximum Gasteiger partial charge on any atom is 0.239 e. The fourth-order valence-electron chi connectivity index (χ4n) is 2.98. The van der Waals surface area contributed by atoms with E-state index in [-0.39, 0.29) is 23.9 Å². The molecule has 0 aliphatic carbocycles. The molecule has 102 valence electrons. The minimum atomic E-state index is -0.357. The van der Waals surface area contributed by atoms with E-state index in [1.165, 1.54) is 0 Å². The van der Waals surface area contributed by atoms with Gasteiger partial charge in [-0.25, -0.2) is 0 Å². The van der Waals surface area contributed by atoms with Crippen molar-refractivity contribution in [2.75, 3.05) is 13.1 Å². The summed E-state index contributed by atoms with van der Waals surface area (Å²) in [7, 11) is 0. The van der Waals surface area contributed by atoms with Gasteiger partial charge in [0.1, 0.15) is 0 Å². The first-order chi connectivity index (χ1) is 8.61. The second-order valence-corrected chi connectivity index (χ2v) is 5.44. The second kappa shape index (κ2) is 5.69. The number of nitrogens with one attached hydrogen (secondary N) is 1. The molecule has 2 aliphatic rings.